The summed E-state index contributed by atoms with van der Waals surface area (Å²) in [4.78, 5) is 75.5. The van der Waals surface area contributed by atoms with Gasteiger partial charge >= 0.3 is 24.0 Å². The number of halogens is 1. The summed E-state index contributed by atoms with van der Waals surface area (Å²) in [7, 11) is 2.44. The van der Waals surface area contributed by atoms with E-state index in [0.29, 0.717) is 45.2 Å². The van der Waals surface area contributed by atoms with E-state index in [1.165, 1.54) is 14.2 Å². The first-order valence-corrected chi connectivity index (χ1v) is 33.2. The first-order chi connectivity index (χ1) is 39.2. The minimum atomic E-state index is -1.48. The summed E-state index contributed by atoms with van der Waals surface area (Å²) in [5.41, 5.74) is 3.23. The number of carboxylic acids is 1. The van der Waals surface area contributed by atoms with Crippen LogP contribution in [0, 0.1) is 10.8 Å². The molecule has 4 aliphatic rings. The van der Waals surface area contributed by atoms with Crippen molar-refractivity contribution in [2.24, 2.45) is 16.6 Å². The van der Waals surface area contributed by atoms with Gasteiger partial charge in [0.15, 0.2) is 0 Å². The number of hydrogen-bond acceptors (Lipinski definition) is 25. The molecule has 3 amide bonds. The quantitative estimate of drug-likeness (QED) is 0.0373. The molecule has 512 valence electrons. The summed E-state index contributed by atoms with van der Waals surface area (Å²) in [6, 6.07) is -4.27. The molecule has 2 spiro atoms. The van der Waals surface area contributed by atoms with Gasteiger partial charge in [0.05, 0.1) is 58.7 Å². The topological polar surface area (TPSA) is 374 Å². The van der Waals surface area contributed by atoms with Gasteiger partial charge in [-0.05, 0) is 114 Å². The van der Waals surface area contributed by atoms with Crippen LogP contribution in [0.5, 0.6) is 0 Å². The van der Waals surface area contributed by atoms with Crippen LogP contribution in [0.4, 0.5) is 4.79 Å². The molecular formula is C57H111ClN8O17S4. The standard InChI is InChI=1S/C28H52N4O8S2.C19H36N2O5S2.C9H18N2O4.CH4.ClH/c1-9-11-17(20(34)23(36)29-15-19(33)39-8)30-22(35)18-14-28(41-12-10-13-42-28)16-32(18)24(37)21(26(2,3)4)31-25(38)40-27(5,6)7;1-17(2,3)13(20-16(25)26-18(4,5)6)14(22)21-11-19(10-12(21)15(23)24)27-8-7-9-28-19;1-3-4-6(10)8(13)9(14)11-5-7(12)15-2;;/h17-18,20-21,23-24,29,34,36-37H,9-16H2,1-8H3,(H,30,35)(H,31,38);12-14,16,20,22,25H,7-11H2,1-6H3,(H,23,24);6,8,13H,3-5,10H2,1-2H3,(H,11,14);1H4;1H/t17?,18?,20-,21?,23+,24-;12?,13?,14-,16+;6?,8-;;/m111../s1. The first kappa shape index (κ1) is 84.8. The molecule has 0 aromatic heterocycles. The van der Waals surface area contributed by atoms with Crippen molar-refractivity contribution in [1.29, 1.82) is 0 Å². The van der Waals surface area contributed by atoms with Crippen LogP contribution >= 0.6 is 59.5 Å². The summed E-state index contributed by atoms with van der Waals surface area (Å²) < 4.78 is 19.4. The molecule has 4 rings (SSSR count). The minimum absolute atomic E-state index is 0. The smallest absolute Gasteiger partial charge is 0.408 e. The van der Waals surface area contributed by atoms with Crippen molar-refractivity contribution in [2.45, 2.75) is 249 Å². The van der Waals surface area contributed by atoms with Crippen LogP contribution in [0.25, 0.3) is 0 Å². The fourth-order valence-corrected chi connectivity index (χ4v) is 16.6. The van der Waals surface area contributed by atoms with Crippen LogP contribution in [0.15, 0.2) is 0 Å². The number of carboxylic acid groups (broad SMARTS) is 1. The van der Waals surface area contributed by atoms with E-state index in [1.807, 2.05) is 99.7 Å². The Morgan fingerprint density at radius 1 is 0.655 bits per heavy atom. The highest BCUT2D eigenvalue weighted by Gasteiger charge is 2.55. The van der Waals surface area contributed by atoms with Crippen LogP contribution in [-0.2, 0) is 42.9 Å². The lowest BCUT2D eigenvalue weighted by Gasteiger charge is -2.42. The van der Waals surface area contributed by atoms with Crippen LogP contribution in [0.3, 0.4) is 0 Å². The molecule has 4 fully saturated rings. The fraction of sp³-hybridized carbons (Fsp3) is 0.895. The van der Waals surface area contributed by atoms with E-state index in [9.17, 15) is 64.5 Å². The Morgan fingerprint density at radius 3 is 1.53 bits per heavy atom. The Kier molecular flexibility index (Phi) is 37.2. The van der Waals surface area contributed by atoms with Gasteiger partial charge < -0.3 is 76.4 Å². The van der Waals surface area contributed by atoms with Crippen LogP contribution in [0.1, 0.15) is 156 Å². The molecule has 0 radical (unpaired) electrons. The van der Waals surface area contributed by atoms with Crippen molar-refractivity contribution in [3.05, 3.63) is 0 Å². The number of esters is 2. The number of aliphatic hydroxyl groups excluding tert-OH is 6. The summed E-state index contributed by atoms with van der Waals surface area (Å²) in [6.45, 7) is 26.5. The summed E-state index contributed by atoms with van der Waals surface area (Å²) in [5, 5.41) is 87.5. The number of thioether (sulfide) groups is 4. The fourth-order valence-electron chi connectivity index (χ4n) is 9.81. The number of carbonyl (C=O) groups is 6. The van der Waals surface area contributed by atoms with Crippen molar-refractivity contribution in [3.63, 3.8) is 0 Å². The molecule has 14 N–H and O–H groups in total. The number of hydrogen-bond donors (Lipinski definition) is 13. The summed E-state index contributed by atoms with van der Waals surface area (Å²) >= 11 is 7.18. The molecule has 0 bridgehead atoms. The van der Waals surface area contributed by atoms with Gasteiger partial charge in [-0.2, -0.15) is 0 Å². The number of nitrogens with two attached hydrogens (primary N) is 1. The highest BCUT2D eigenvalue weighted by Crippen LogP contribution is 2.52. The van der Waals surface area contributed by atoms with Gasteiger partial charge in [0.25, 0.3) is 5.91 Å². The third-order valence-corrected chi connectivity index (χ3v) is 20.8. The average Bonchev–Trinajstić information content (AvgIpc) is 1.89. The number of amides is 3. The SMILES string of the molecule is C.CC(C)(C)O[C@H](O)NC([C@@H](O)N1CC2(CC1C(=O)O)SCCCS2)C(C)(C)C.CCCC(N)[C@@H](O)C(=O)NCC(=O)OC.CCCC(NC(=O)C1CC2(CN1[C@H](O)C(NC(=O)OC(C)(C)C)C(C)(C)C)SCCCS2)[C@@H](O)[C@H](O)NCC(=O)OC.Cl. The number of carbonyl (C=O) groups excluding carboxylic acids is 5. The number of nitrogens with one attached hydrogen (secondary N) is 5. The Hall–Kier alpha value is -2.17. The second kappa shape index (κ2) is 38.1. The third-order valence-electron chi connectivity index (χ3n) is 14.2. The third kappa shape index (κ3) is 28.7. The van der Waals surface area contributed by atoms with Crippen molar-refractivity contribution >= 4 is 95.3 Å². The van der Waals surface area contributed by atoms with E-state index < -0.39 is 125 Å². The number of aliphatic hydroxyl groups is 6. The molecule has 4 aliphatic heterocycles. The van der Waals surface area contributed by atoms with Crippen LogP contribution < -0.4 is 32.3 Å². The average molecular weight is 1340 g/mol. The van der Waals surface area contributed by atoms with Crippen molar-refractivity contribution < 1.29 is 83.5 Å². The Labute approximate surface area is 540 Å². The number of ether oxygens (including phenoxy) is 4. The molecule has 25 nitrogen and oxygen atoms in total. The summed E-state index contributed by atoms with van der Waals surface area (Å²) in [6.07, 6.45) is -2.89. The molecular weight excluding hydrogens is 1230 g/mol. The molecule has 0 saturated carbocycles. The summed E-state index contributed by atoms with van der Waals surface area (Å²) in [5.74, 6) is 0.792. The van der Waals surface area contributed by atoms with Gasteiger partial charge in [-0.25, -0.2) is 4.79 Å². The first-order valence-electron chi connectivity index (χ1n) is 29.2. The second-order valence-corrected chi connectivity index (χ2v) is 32.4. The molecule has 4 saturated heterocycles. The molecule has 87 heavy (non-hydrogen) atoms. The number of nitrogens with zero attached hydrogens (tertiary/aromatic N) is 2. The second-order valence-electron chi connectivity index (χ2n) is 25.9. The van der Waals surface area contributed by atoms with Gasteiger partial charge in [-0.3, -0.25) is 44.4 Å². The number of rotatable bonds is 24. The Balaban J connectivity index is 0.00000141. The minimum Gasteiger partial charge on any atom is -0.480 e. The zero-order valence-corrected chi connectivity index (χ0v) is 57.6. The molecule has 4 heterocycles. The predicted molar refractivity (Wildman–Crippen MR) is 347 cm³/mol. The Morgan fingerprint density at radius 2 is 1.10 bits per heavy atom. The van der Waals surface area contributed by atoms with E-state index in [4.69, 9.17) is 15.2 Å². The van der Waals surface area contributed by atoms with Crippen molar-refractivity contribution in [2.75, 3.05) is 63.4 Å². The highest BCUT2D eigenvalue weighted by molar-refractivity contribution is 8.19. The number of alkyl carbamates (subject to hydrolysis) is 1. The molecule has 12 atom stereocenters. The number of aliphatic carboxylic acids is 1. The van der Waals surface area contributed by atoms with Gasteiger partial charge in [0, 0.05) is 19.1 Å². The van der Waals surface area contributed by atoms with E-state index >= 15 is 0 Å². The maximum atomic E-state index is 13.9. The lowest BCUT2D eigenvalue weighted by molar-refractivity contribution is -0.201. The molecule has 0 aromatic rings. The van der Waals surface area contributed by atoms with Gasteiger partial charge in [0.1, 0.15) is 49.1 Å². The van der Waals surface area contributed by atoms with Crippen LogP contribution in [-0.4, -0.2) is 238 Å². The number of methoxy groups -OCH3 is 2. The molecule has 6 unspecified atom stereocenters. The van der Waals surface area contributed by atoms with E-state index in [1.54, 1.807) is 54.1 Å². The van der Waals surface area contributed by atoms with Gasteiger partial charge in [-0.15, -0.1) is 59.5 Å². The van der Waals surface area contributed by atoms with Crippen molar-refractivity contribution in [1.82, 2.24) is 36.4 Å². The zero-order chi connectivity index (χ0) is 65.1. The maximum Gasteiger partial charge on any atom is 0.408 e. The Bertz CT molecular complexity index is 2100. The monoisotopic (exact) mass is 1340 g/mol. The number of likely N-dealkylation sites (tertiary alicyclic amines) is 2. The normalized spacial score (nSPS) is 22.2. The molecule has 0 aliphatic carbocycles. The van der Waals surface area contributed by atoms with E-state index in [0.717, 1.165) is 42.3 Å². The molecule has 30 heteroatoms. The maximum absolute atomic E-state index is 13.9. The van der Waals surface area contributed by atoms with Gasteiger partial charge in [0.2, 0.25) is 12.3 Å². The van der Waals surface area contributed by atoms with Crippen LogP contribution in [0.2, 0.25) is 0 Å². The zero-order valence-electron chi connectivity index (χ0n) is 53.5. The predicted octanol–water partition coefficient (Wildman–Crippen LogP) is 3.56. The molecule has 0 aromatic carbocycles. The largest absolute Gasteiger partial charge is 0.480 e. The lowest BCUT2D eigenvalue weighted by atomic mass is 9.85. The van der Waals surface area contributed by atoms with E-state index in [2.05, 4.69) is 36.1 Å². The lowest BCUT2D eigenvalue weighted by Crippen LogP contribution is -2.62. The van der Waals surface area contributed by atoms with Crippen molar-refractivity contribution in [3.8, 4) is 0 Å². The highest BCUT2D eigenvalue weighted by atomic mass is 35.5. The van der Waals surface area contributed by atoms with Gasteiger partial charge in [-0.1, -0.05) is 75.7 Å². The van der Waals surface area contributed by atoms with E-state index in [-0.39, 0.29) is 47.0 Å².